The van der Waals surface area contributed by atoms with Gasteiger partial charge in [-0.05, 0) is 17.7 Å². The van der Waals surface area contributed by atoms with Crippen LogP contribution in [0.5, 0.6) is 11.5 Å². The first-order valence-corrected chi connectivity index (χ1v) is 5.61. The van der Waals surface area contributed by atoms with Crippen molar-refractivity contribution in [3.8, 4) is 17.6 Å². The summed E-state index contributed by atoms with van der Waals surface area (Å²) in [4.78, 5) is 11.0. The van der Waals surface area contributed by atoms with Crippen LogP contribution < -0.4 is 14.8 Å². The highest BCUT2D eigenvalue weighted by Gasteiger charge is 2.24. The highest BCUT2D eigenvalue weighted by molar-refractivity contribution is 5.91. The second-order valence-corrected chi connectivity index (χ2v) is 4.75. The van der Waals surface area contributed by atoms with E-state index < -0.39 is 5.91 Å². The largest absolute Gasteiger partial charge is 0.454 e. The molecule has 0 unspecified atom stereocenters. The molecule has 1 aromatic carbocycles. The Balaban J connectivity index is 2.14. The van der Waals surface area contributed by atoms with Crippen molar-refractivity contribution in [1.29, 1.82) is 5.26 Å². The summed E-state index contributed by atoms with van der Waals surface area (Å²) in [5, 5.41) is 11.0. The van der Waals surface area contributed by atoms with Crippen LogP contribution in [0.25, 0.3) is 0 Å². The van der Waals surface area contributed by atoms with Gasteiger partial charge in [0, 0.05) is 12.0 Å². The molecule has 5 heteroatoms. The van der Waals surface area contributed by atoms with Crippen LogP contribution in [-0.4, -0.2) is 19.2 Å². The van der Waals surface area contributed by atoms with Crippen molar-refractivity contribution < 1.29 is 14.3 Å². The average Bonchev–Trinajstić information content (AvgIpc) is 2.83. The van der Waals surface area contributed by atoms with E-state index in [4.69, 9.17) is 14.7 Å². The van der Waals surface area contributed by atoms with Crippen molar-refractivity contribution in [2.24, 2.45) is 0 Å². The van der Waals surface area contributed by atoms with Gasteiger partial charge in [-0.1, -0.05) is 19.9 Å². The summed E-state index contributed by atoms with van der Waals surface area (Å²) >= 11 is 0. The van der Waals surface area contributed by atoms with Gasteiger partial charge < -0.3 is 14.8 Å². The van der Waals surface area contributed by atoms with Crippen molar-refractivity contribution in [3.05, 3.63) is 23.8 Å². The van der Waals surface area contributed by atoms with Crippen molar-refractivity contribution in [2.75, 3.05) is 13.3 Å². The fraction of sp³-hybridized carbons (Fsp3) is 0.385. The summed E-state index contributed by atoms with van der Waals surface area (Å²) in [6.45, 7) is 4.60. The molecule has 5 nitrogen and oxygen atoms in total. The average molecular weight is 246 g/mol. The molecule has 0 saturated heterocycles. The maximum atomic E-state index is 11.0. The number of nitrogens with one attached hydrogen (secondary N) is 1. The Bertz CT molecular complexity index is 517. The Morgan fingerprint density at radius 1 is 1.44 bits per heavy atom. The second kappa shape index (κ2) is 4.57. The Morgan fingerprint density at radius 2 is 2.17 bits per heavy atom. The van der Waals surface area contributed by atoms with Crippen LogP contribution in [0.15, 0.2) is 18.2 Å². The third kappa shape index (κ3) is 2.38. The van der Waals surface area contributed by atoms with E-state index in [0.29, 0.717) is 12.3 Å². The lowest BCUT2D eigenvalue weighted by Crippen LogP contribution is -2.35. The van der Waals surface area contributed by atoms with Crippen LogP contribution in [0.4, 0.5) is 0 Å². The zero-order valence-corrected chi connectivity index (χ0v) is 10.3. The summed E-state index contributed by atoms with van der Waals surface area (Å²) < 4.78 is 10.6. The molecule has 1 aliphatic heterocycles. The molecule has 1 aliphatic rings. The minimum absolute atomic E-state index is 0.240. The molecule has 94 valence electrons. The number of carbonyl (C=O) groups excluding carboxylic acids is 1. The number of hydrogen-bond acceptors (Lipinski definition) is 4. The van der Waals surface area contributed by atoms with E-state index >= 15 is 0 Å². The molecule has 0 spiro atoms. The standard InChI is InChI=1S/C13H14N2O3/c1-13(2,7-15-12(16)6-14)9-3-4-10-11(5-9)18-8-17-10/h3-5H,7-8H2,1-2H3,(H,15,16). The van der Waals surface area contributed by atoms with Gasteiger partial charge in [-0.25, -0.2) is 0 Å². The number of hydrogen-bond donors (Lipinski definition) is 1. The van der Waals surface area contributed by atoms with E-state index in [1.165, 1.54) is 6.07 Å². The summed E-state index contributed by atoms with van der Waals surface area (Å²) in [7, 11) is 0. The van der Waals surface area contributed by atoms with Crippen LogP contribution >= 0.6 is 0 Å². The summed E-state index contributed by atoms with van der Waals surface area (Å²) in [5.41, 5.74) is 0.734. The van der Waals surface area contributed by atoms with Gasteiger partial charge in [0.2, 0.25) is 6.79 Å². The smallest absolute Gasteiger partial charge is 0.322 e. The molecule has 18 heavy (non-hydrogen) atoms. The number of ether oxygens (including phenoxy) is 2. The minimum atomic E-state index is -0.621. The topological polar surface area (TPSA) is 71.4 Å². The molecule has 2 rings (SSSR count). The lowest BCUT2D eigenvalue weighted by atomic mass is 9.84. The van der Waals surface area contributed by atoms with Crippen LogP contribution in [0.3, 0.4) is 0 Å². The van der Waals surface area contributed by atoms with Crippen molar-refractivity contribution in [3.63, 3.8) is 0 Å². The normalized spacial score (nSPS) is 12.9. The van der Waals surface area contributed by atoms with Crippen LogP contribution in [-0.2, 0) is 10.2 Å². The number of carbonyl (C=O) groups is 1. The van der Waals surface area contributed by atoms with E-state index in [2.05, 4.69) is 5.32 Å². The van der Waals surface area contributed by atoms with E-state index in [0.717, 1.165) is 11.3 Å². The van der Waals surface area contributed by atoms with Gasteiger partial charge >= 0.3 is 5.91 Å². The molecule has 1 N–H and O–H groups in total. The molecule has 1 amide bonds. The van der Waals surface area contributed by atoms with Gasteiger partial charge in [0.15, 0.2) is 17.6 Å². The molecule has 0 atom stereocenters. The number of rotatable bonds is 3. The Morgan fingerprint density at radius 3 is 2.89 bits per heavy atom. The first-order chi connectivity index (χ1) is 8.53. The lowest BCUT2D eigenvalue weighted by molar-refractivity contribution is -0.116. The van der Waals surface area contributed by atoms with Crippen molar-refractivity contribution in [2.45, 2.75) is 19.3 Å². The number of amides is 1. The summed E-state index contributed by atoms with van der Waals surface area (Å²) in [5.74, 6) is 0.826. The fourth-order valence-corrected chi connectivity index (χ4v) is 1.76. The zero-order chi connectivity index (χ0) is 13.2. The van der Waals surface area contributed by atoms with Gasteiger partial charge in [-0.2, -0.15) is 5.26 Å². The van der Waals surface area contributed by atoms with Gasteiger partial charge in [-0.3, -0.25) is 4.79 Å². The van der Waals surface area contributed by atoms with Gasteiger partial charge in [-0.15, -0.1) is 0 Å². The highest BCUT2D eigenvalue weighted by Crippen LogP contribution is 2.36. The summed E-state index contributed by atoms with van der Waals surface area (Å²) in [6, 6.07) is 7.23. The first-order valence-electron chi connectivity index (χ1n) is 5.61. The molecule has 1 aromatic rings. The quantitative estimate of drug-likeness (QED) is 0.817. The Labute approximate surface area is 105 Å². The predicted molar refractivity (Wildman–Crippen MR) is 64.2 cm³/mol. The number of nitriles is 1. The monoisotopic (exact) mass is 246 g/mol. The lowest BCUT2D eigenvalue weighted by Gasteiger charge is -2.25. The number of nitrogens with zero attached hydrogens (tertiary/aromatic N) is 1. The van der Waals surface area contributed by atoms with E-state index in [1.807, 2.05) is 32.0 Å². The minimum Gasteiger partial charge on any atom is -0.454 e. The molecule has 0 aliphatic carbocycles. The Hall–Kier alpha value is -2.22. The van der Waals surface area contributed by atoms with Crippen LogP contribution in [0.1, 0.15) is 19.4 Å². The number of fused-ring (bicyclic) bond motifs is 1. The Kier molecular flexibility index (Phi) is 3.11. The van der Waals surface area contributed by atoms with E-state index in [9.17, 15) is 4.79 Å². The molecular weight excluding hydrogens is 232 g/mol. The third-order valence-corrected chi connectivity index (χ3v) is 2.95. The molecule has 0 saturated carbocycles. The molecule has 0 fully saturated rings. The van der Waals surface area contributed by atoms with Gasteiger partial charge in [0.25, 0.3) is 0 Å². The predicted octanol–water partition coefficient (Wildman–Crippen LogP) is 1.33. The second-order valence-electron chi connectivity index (χ2n) is 4.75. The first kappa shape index (κ1) is 12.2. The summed E-state index contributed by atoms with van der Waals surface area (Å²) in [6.07, 6.45) is 0. The molecule has 0 aromatic heterocycles. The maximum Gasteiger partial charge on any atom is 0.322 e. The van der Waals surface area contributed by atoms with Crippen molar-refractivity contribution >= 4 is 5.91 Å². The number of benzene rings is 1. The molecular formula is C13H14N2O3. The maximum absolute atomic E-state index is 11.0. The molecule has 1 heterocycles. The van der Waals surface area contributed by atoms with Crippen molar-refractivity contribution in [1.82, 2.24) is 5.32 Å². The fourth-order valence-electron chi connectivity index (χ4n) is 1.76. The van der Waals surface area contributed by atoms with Gasteiger partial charge in [0.1, 0.15) is 0 Å². The highest BCUT2D eigenvalue weighted by atomic mass is 16.7. The van der Waals surface area contributed by atoms with Gasteiger partial charge in [0.05, 0.1) is 0 Å². The van der Waals surface area contributed by atoms with Crippen LogP contribution in [0, 0.1) is 11.3 Å². The molecule has 0 bridgehead atoms. The molecule has 0 radical (unpaired) electrons. The van der Waals surface area contributed by atoms with E-state index in [-0.39, 0.29) is 12.2 Å². The zero-order valence-electron chi connectivity index (χ0n) is 10.3. The third-order valence-electron chi connectivity index (χ3n) is 2.95. The SMILES string of the molecule is CC(C)(CNC(=O)C#N)c1ccc2c(c1)OCO2. The van der Waals surface area contributed by atoms with E-state index in [1.54, 1.807) is 0 Å². The van der Waals surface area contributed by atoms with Crippen LogP contribution in [0.2, 0.25) is 0 Å².